The zero-order chi connectivity index (χ0) is 26.8. The molecule has 1 aromatic heterocycles. The highest BCUT2D eigenvalue weighted by atomic mass is 32.2. The second kappa shape index (κ2) is 10.7. The van der Waals surface area contributed by atoms with Crippen LogP contribution in [-0.2, 0) is 14.6 Å². The smallest absolute Gasteiger partial charge is 0.413 e. The largest absolute Gasteiger partial charge is 0.444 e. The highest BCUT2D eigenvalue weighted by Gasteiger charge is 2.27. The minimum atomic E-state index is -3.89. The van der Waals surface area contributed by atoms with Crippen molar-refractivity contribution in [2.75, 3.05) is 18.6 Å². The fraction of sp³-hybridized carbons (Fsp3) is 0.308. The summed E-state index contributed by atoms with van der Waals surface area (Å²) in [5.74, 6) is -0.214. The first-order valence-electron chi connectivity index (χ1n) is 11.2. The third kappa shape index (κ3) is 6.11. The number of amides is 1. The van der Waals surface area contributed by atoms with Crippen LogP contribution in [0.4, 0.5) is 10.5 Å². The fourth-order valence-electron chi connectivity index (χ4n) is 3.77. The van der Waals surface area contributed by atoms with Crippen LogP contribution in [0.15, 0.2) is 56.5 Å². The van der Waals surface area contributed by atoms with Gasteiger partial charge in [-0.1, -0.05) is 18.2 Å². The lowest BCUT2D eigenvalue weighted by atomic mass is 9.96. The van der Waals surface area contributed by atoms with E-state index in [4.69, 9.17) is 10.1 Å². The molecule has 2 aromatic carbocycles. The molecule has 1 heterocycles. The Labute approximate surface area is 221 Å². The van der Waals surface area contributed by atoms with Gasteiger partial charge in [0.05, 0.1) is 18.9 Å². The summed E-state index contributed by atoms with van der Waals surface area (Å²) in [6, 6.07) is 12.4. The van der Waals surface area contributed by atoms with Gasteiger partial charge in [-0.25, -0.2) is 13.2 Å². The molecule has 1 amide bonds. The maximum Gasteiger partial charge on any atom is 0.413 e. The van der Waals surface area contributed by atoms with Crippen LogP contribution in [0.3, 0.4) is 0 Å². The standard InChI is InChI=1S/C26H31N3O4S3/c1-15-11-16(2)22(19(12-15)28-6)17-9-8-10-18(13-17)36(31,32)21-14-20(35-24(21)34-7)23(27)29-25(30)33-26(3,4)5/h8-14,28H,1-7H3,(H2,27,29,30). The van der Waals surface area contributed by atoms with Gasteiger partial charge in [-0.3, -0.25) is 10.7 Å². The van der Waals surface area contributed by atoms with Crippen molar-refractivity contribution < 1.29 is 17.9 Å². The van der Waals surface area contributed by atoms with Crippen molar-refractivity contribution in [3.05, 3.63) is 58.5 Å². The number of carbonyl (C=O) groups excluding carboxylic acids is 1. The first-order valence-corrected chi connectivity index (χ1v) is 14.7. The number of carbonyl (C=O) groups is 1. The molecule has 0 bridgehead atoms. The minimum absolute atomic E-state index is 0.109. The van der Waals surface area contributed by atoms with Crippen molar-refractivity contribution in [1.29, 1.82) is 5.41 Å². The van der Waals surface area contributed by atoms with Gasteiger partial charge in [-0.2, -0.15) is 0 Å². The van der Waals surface area contributed by atoms with Crippen molar-refractivity contribution in [2.24, 2.45) is 0 Å². The normalized spacial score (nSPS) is 11.8. The topological polar surface area (TPSA) is 108 Å². The van der Waals surface area contributed by atoms with E-state index in [1.807, 2.05) is 33.0 Å². The van der Waals surface area contributed by atoms with E-state index >= 15 is 0 Å². The van der Waals surface area contributed by atoms with Gasteiger partial charge < -0.3 is 10.1 Å². The molecule has 0 spiro atoms. The highest BCUT2D eigenvalue weighted by molar-refractivity contribution is 8.01. The molecule has 3 rings (SSSR count). The first-order chi connectivity index (χ1) is 16.8. The van der Waals surface area contributed by atoms with E-state index in [0.29, 0.717) is 9.09 Å². The molecule has 0 fully saturated rings. The zero-order valence-corrected chi connectivity index (χ0v) is 23.8. The van der Waals surface area contributed by atoms with Gasteiger partial charge in [-0.05, 0) is 81.8 Å². The first kappa shape index (κ1) is 27.8. The number of hydrogen-bond donors (Lipinski definition) is 3. The molecule has 36 heavy (non-hydrogen) atoms. The molecular formula is C26H31N3O4S3. The minimum Gasteiger partial charge on any atom is -0.444 e. The van der Waals surface area contributed by atoms with E-state index in [1.165, 1.54) is 17.8 Å². The van der Waals surface area contributed by atoms with Gasteiger partial charge >= 0.3 is 6.09 Å². The number of amidine groups is 1. The number of aryl methyl sites for hydroxylation is 2. The Balaban J connectivity index is 2.01. The predicted molar refractivity (Wildman–Crippen MR) is 149 cm³/mol. The molecule has 0 aliphatic heterocycles. The van der Waals surface area contributed by atoms with E-state index in [0.717, 1.165) is 39.3 Å². The second-order valence-electron chi connectivity index (χ2n) is 9.25. The number of thioether (sulfide) groups is 1. The number of hydrogen-bond acceptors (Lipinski definition) is 8. The number of alkyl carbamates (subject to hydrolysis) is 1. The molecule has 0 atom stereocenters. The second-order valence-corrected chi connectivity index (χ2v) is 13.3. The summed E-state index contributed by atoms with van der Waals surface area (Å²) in [5, 5.41) is 13.9. The number of nitrogens with one attached hydrogen (secondary N) is 3. The lowest BCUT2D eigenvalue weighted by molar-refractivity contribution is 0.0563. The summed E-state index contributed by atoms with van der Waals surface area (Å²) in [5.41, 5.74) is 4.09. The molecule has 10 heteroatoms. The lowest BCUT2D eigenvalue weighted by Crippen LogP contribution is -2.36. The summed E-state index contributed by atoms with van der Waals surface area (Å²) < 4.78 is 33.2. The van der Waals surface area contributed by atoms with Gasteiger partial charge in [0.25, 0.3) is 0 Å². The lowest BCUT2D eigenvalue weighted by Gasteiger charge is -2.19. The summed E-state index contributed by atoms with van der Waals surface area (Å²) in [6.07, 6.45) is 1.02. The third-order valence-corrected chi connectivity index (χ3v) is 9.52. The van der Waals surface area contributed by atoms with Crippen molar-refractivity contribution in [3.8, 4) is 11.1 Å². The summed E-state index contributed by atoms with van der Waals surface area (Å²) in [4.78, 5) is 12.7. The molecule has 3 N–H and O–H groups in total. The Hall–Kier alpha value is -2.82. The van der Waals surface area contributed by atoms with E-state index < -0.39 is 21.5 Å². The SMILES string of the molecule is CNc1cc(C)cc(C)c1-c1cccc(S(=O)(=O)c2cc(C(=N)NC(=O)OC(C)(C)C)sc2SC)c1. The quantitative estimate of drug-likeness (QED) is 0.186. The molecule has 0 saturated carbocycles. The average Bonchev–Trinajstić information content (AvgIpc) is 3.23. The van der Waals surface area contributed by atoms with Gasteiger partial charge in [0.15, 0.2) is 0 Å². The van der Waals surface area contributed by atoms with Crippen LogP contribution in [0, 0.1) is 19.3 Å². The Kier molecular flexibility index (Phi) is 8.22. The summed E-state index contributed by atoms with van der Waals surface area (Å²) >= 11 is 2.42. The zero-order valence-electron chi connectivity index (χ0n) is 21.4. The number of thiophene rings is 1. The van der Waals surface area contributed by atoms with E-state index in [9.17, 15) is 13.2 Å². The molecule has 7 nitrogen and oxygen atoms in total. The average molecular weight is 546 g/mol. The Morgan fingerprint density at radius 3 is 2.42 bits per heavy atom. The predicted octanol–water partition coefficient (Wildman–Crippen LogP) is 6.48. The highest BCUT2D eigenvalue weighted by Crippen LogP contribution is 2.39. The van der Waals surface area contributed by atoms with Crippen molar-refractivity contribution in [2.45, 2.75) is 54.2 Å². The van der Waals surface area contributed by atoms with Crippen LogP contribution in [-0.4, -0.2) is 39.3 Å². The molecule has 0 saturated heterocycles. The van der Waals surface area contributed by atoms with Gasteiger partial charge in [0.1, 0.15) is 11.4 Å². The van der Waals surface area contributed by atoms with Crippen LogP contribution in [0.1, 0.15) is 36.8 Å². The van der Waals surface area contributed by atoms with Gasteiger partial charge in [-0.15, -0.1) is 23.1 Å². The maximum absolute atomic E-state index is 13.7. The molecule has 3 aromatic rings. The van der Waals surface area contributed by atoms with Gasteiger partial charge in [0, 0.05) is 18.3 Å². The number of anilines is 1. The fourth-order valence-corrected chi connectivity index (χ4v) is 7.72. The Morgan fingerprint density at radius 2 is 1.81 bits per heavy atom. The van der Waals surface area contributed by atoms with Crippen molar-refractivity contribution in [1.82, 2.24) is 5.32 Å². The van der Waals surface area contributed by atoms with Crippen molar-refractivity contribution in [3.63, 3.8) is 0 Å². The monoisotopic (exact) mass is 545 g/mol. The Morgan fingerprint density at radius 1 is 1.11 bits per heavy atom. The number of sulfone groups is 1. The summed E-state index contributed by atoms with van der Waals surface area (Å²) in [6.45, 7) is 9.20. The molecule has 192 valence electrons. The van der Waals surface area contributed by atoms with E-state index in [1.54, 1.807) is 45.2 Å². The van der Waals surface area contributed by atoms with E-state index in [-0.39, 0.29) is 15.6 Å². The van der Waals surface area contributed by atoms with Crippen LogP contribution in [0.5, 0.6) is 0 Å². The number of benzene rings is 2. The number of ether oxygens (including phenoxy) is 1. The molecular weight excluding hydrogens is 515 g/mol. The Bertz CT molecular complexity index is 1420. The molecule has 0 radical (unpaired) electrons. The van der Waals surface area contributed by atoms with E-state index in [2.05, 4.69) is 16.7 Å². The summed E-state index contributed by atoms with van der Waals surface area (Å²) in [7, 11) is -2.05. The van der Waals surface area contributed by atoms with Gasteiger partial charge in [0.2, 0.25) is 9.84 Å². The van der Waals surface area contributed by atoms with Crippen LogP contribution in [0.25, 0.3) is 11.1 Å². The molecule has 0 unspecified atom stereocenters. The number of rotatable bonds is 6. The molecule has 0 aliphatic rings. The molecule has 0 aliphatic carbocycles. The van der Waals surface area contributed by atoms with Crippen LogP contribution < -0.4 is 10.6 Å². The van der Waals surface area contributed by atoms with Crippen LogP contribution in [0.2, 0.25) is 0 Å². The maximum atomic E-state index is 13.7. The van der Waals surface area contributed by atoms with Crippen LogP contribution >= 0.6 is 23.1 Å². The third-order valence-electron chi connectivity index (χ3n) is 5.20. The van der Waals surface area contributed by atoms with Crippen molar-refractivity contribution >= 4 is 50.6 Å².